The molecule has 0 spiro atoms. The molecule has 3 nitrogen and oxygen atoms in total. The van der Waals surface area contributed by atoms with Crippen molar-refractivity contribution >= 4 is 21.0 Å². The monoisotopic (exact) mass is 527 g/mol. The fourth-order valence-corrected chi connectivity index (χ4v) is 5.07. The van der Waals surface area contributed by atoms with Crippen molar-refractivity contribution in [3.63, 3.8) is 0 Å². The third kappa shape index (κ3) is 8.18. The Morgan fingerprint density at radius 2 is 1.51 bits per heavy atom. The molecule has 2 unspecified atom stereocenters. The molecule has 2 atom stereocenters. The van der Waals surface area contributed by atoms with Gasteiger partial charge in [0.05, 0.1) is 12.2 Å². The van der Waals surface area contributed by atoms with Crippen molar-refractivity contribution in [3.05, 3.63) is 101 Å². The highest BCUT2D eigenvalue weighted by Crippen LogP contribution is 2.45. The fourth-order valence-electron chi connectivity index (χ4n) is 4.84. The standard InChI is InChI=1S/C16H23F2OP.C14H14.CH3NO/c1-3-5-6-8-16(7-4-2)13-11(10-19-16)9-12(17)15(20)14(13)18;1-12(13-8-4-2-5-9-13)14-10-6-3-7-11-14;2-1-3/h9H,3-8,10,20H2,1-2H3;2-12H,1H3;1H,(H2,2,3). The largest absolute Gasteiger partial charge is 0.372 e. The number of carbonyl (C=O) groups is 1. The summed E-state index contributed by atoms with van der Waals surface area (Å²) in [6.45, 7) is 6.78. The lowest BCUT2D eigenvalue weighted by atomic mass is 9.83. The van der Waals surface area contributed by atoms with Gasteiger partial charge in [-0.05, 0) is 35.6 Å². The molecular formula is C31H40F2NO2P. The van der Waals surface area contributed by atoms with E-state index >= 15 is 0 Å². The lowest BCUT2D eigenvalue weighted by Crippen LogP contribution is -2.28. The molecule has 0 fully saturated rings. The first kappa shape index (κ1) is 30.6. The molecule has 0 saturated carbocycles. The van der Waals surface area contributed by atoms with E-state index in [9.17, 15) is 8.78 Å². The zero-order valence-corrected chi connectivity index (χ0v) is 23.3. The number of amides is 1. The molecule has 0 saturated heterocycles. The summed E-state index contributed by atoms with van der Waals surface area (Å²) in [6.07, 6.45) is 6.02. The van der Waals surface area contributed by atoms with Gasteiger partial charge in [0.25, 0.3) is 0 Å². The van der Waals surface area contributed by atoms with Crippen molar-refractivity contribution in [2.24, 2.45) is 5.73 Å². The van der Waals surface area contributed by atoms with E-state index in [2.05, 4.69) is 96.4 Å². The second-order valence-electron chi connectivity index (χ2n) is 9.29. The molecular weight excluding hydrogens is 487 g/mol. The van der Waals surface area contributed by atoms with E-state index in [0.29, 0.717) is 23.7 Å². The summed E-state index contributed by atoms with van der Waals surface area (Å²) >= 11 is 0. The van der Waals surface area contributed by atoms with E-state index in [1.165, 1.54) is 17.2 Å². The Balaban J connectivity index is 0.000000247. The van der Waals surface area contributed by atoms with E-state index in [-0.39, 0.29) is 11.7 Å². The van der Waals surface area contributed by atoms with Crippen LogP contribution in [0.5, 0.6) is 0 Å². The molecule has 6 heteroatoms. The van der Waals surface area contributed by atoms with Gasteiger partial charge in [0, 0.05) is 16.8 Å². The Bertz CT molecular complexity index is 1060. The molecule has 1 aliphatic rings. The van der Waals surface area contributed by atoms with Crippen LogP contribution in [0.1, 0.15) is 87.5 Å². The van der Waals surface area contributed by atoms with Gasteiger partial charge < -0.3 is 10.5 Å². The number of benzene rings is 3. The maximum absolute atomic E-state index is 14.6. The molecule has 3 aromatic carbocycles. The summed E-state index contributed by atoms with van der Waals surface area (Å²) < 4.78 is 34.2. The predicted octanol–water partition coefficient (Wildman–Crippen LogP) is 7.51. The average Bonchev–Trinajstić information content (AvgIpc) is 3.27. The van der Waals surface area contributed by atoms with Gasteiger partial charge in [0.15, 0.2) is 0 Å². The van der Waals surface area contributed by atoms with E-state index in [4.69, 9.17) is 9.53 Å². The third-order valence-electron chi connectivity index (χ3n) is 6.73. The summed E-state index contributed by atoms with van der Waals surface area (Å²) in [5.74, 6) is -0.458. The van der Waals surface area contributed by atoms with Crippen molar-refractivity contribution < 1.29 is 18.3 Å². The van der Waals surface area contributed by atoms with Gasteiger partial charge in [-0.2, -0.15) is 0 Å². The number of primary amides is 1. The molecule has 0 aliphatic carbocycles. The van der Waals surface area contributed by atoms with Crippen molar-refractivity contribution in [3.8, 4) is 0 Å². The predicted molar refractivity (Wildman–Crippen MR) is 152 cm³/mol. The van der Waals surface area contributed by atoms with Crippen molar-refractivity contribution in [2.75, 3.05) is 0 Å². The minimum Gasteiger partial charge on any atom is -0.372 e. The van der Waals surface area contributed by atoms with Crippen LogP contribution >= 0.6 is 9.24 Å². The maximum atomic E-state index is 14.6. The SMILES string of the molecule is CC(c1ccccc1)c1ccccc1.CCCCCC1(CCC)OCc2cc(F)c(P)c(F)c21.NC=O. The van der Waals surface area contributed by atoms with Crippen LogP contribution in [0, 0.1) is 11.6 Å². The molecule has 1 amide bonds. The highest BCUT2D eigenvalue weighted by atomic mass is 31.0. The summed E-state index contributed by atoms with van der Waals surface area (Å²) in [5.41, 5.74) is 7.64. The Morgan fingerprint density at radius 3 is 2.00 bits per heavy atom. The average molecular weight is 528 g/mol. The Morgan fingerprint density at radius 1 is 0.973 bits per heavy atom. The van der Waals surface area contributed by atoms with Crippen LogP contribution < -0.4 is 11.0 Å². The van der Waals surface area contributed by atoms with Crippen LogP contribution in [0.25, 0.3) is 0 Å². The molecule has 200 valence electrons. The molecule has 1 aliphatic heterocycles. The van der Waals surface area contributed by atoms with Gasteiger partial charge >= 0.3 is 0 Å². The summed E-state index contributed by atoms with van der Waals surface area (Å²) in [6, 6.07) is 22.6. The summed E-state index contributed by atoms with van der Waals surface area (Å²) in [7, 11) is 2.18. The second kappa shape index (κ2) is 15.6. The second-order valence-corrected chi connectivity index (χ2v) is 9.87. The summed E-state index contributed by atoms with van der Waals surface area (Å²) in [5, 5.41) is 0.0326. The van der Waals surface area contributed by atoms with E-state index < -0.39 is 17.2 Å². The minimum atomic E-state index is -0.553. The molecule has 4 rings (SSSR count). The zero-order valence-electron chi connectivity index (χ0n) is 22.2. The van der Waals surface area contributed by atoms with Crippen LogP contribution in [-0.2, 0) is 21.7 Å². The normalized spacial score (nSPS) is 15.8. The highest BCUT2D eigenvalue weighted by Gasteiger charge is 2.42. The van der Waals surface area contributed by atoms with Gasteiger partial charge in [-0.3, -0.25) is 4.79 Å². The molecule has 2 N–H and O–H groups in total. The topological polar surface area (TPSA) is 52.3 Å². The number of nitrogens with two attached hydrogens (primary N) is 1. The van der Waals surface area contributed by atoms with Gasteiger partial charge in [0.2, 0.25) is 6.41 Å². The van der Waals surface area contributed by atoms with Crippen LogP contribution in [0.15, 0.2) is 66.7 Å². The first-order valence-electron chi connectivity index (χ1n) is 13.0. The van der Waals surface area contributed by atoms with Crippen molar-refractivity contribution in [2.45, 2.75) is 77.4 Å². The number of halogens is 2. The highest BCUT2D eigenvalue weighted by molar-refractivity contribution is 7.27. The van der Waals surface area contributed by atoms with Gasteiger partial charge in [-0.1, -0.05) is 116 Å². The van der Waals surface area contributed by atoms with E-state index in [0.717, 1.165) is 38.5 Å². The van der Waals surface area contributed by atoms with Crippen LogP contribution in [-0.4, -0.2) is 6.41 Å². The summed E-state index contributed by atoms with van der Waals surface area (Å²) in [4.78, 5) is 8.58. The Labute approximate surface area is 223 Å². The van der Waals surface area contributed by atoms with Gasteiger partial charge in [-0.25, -0.2) is 8.78 Å². The number of rotatable bonds is 8. The zero-order chi connectivity index (χ0) is 27.3. The lowest BCUT2D eigenvalue weighted by Gasteiger charge is -2.30. The first-order valence-corrected chi connectivity index (χ1v) is 13.6. The van der Waals surface area contributed by atoms with Gasteiger partial charge in [-0.15, -0.1) is 0 Å². The van der Waals surface area contributed by atoms with Crippen LogP contribution in [0.4, 0.5) is 8.78 Å². The number of hydrogen-bond donors (Lipinski definition) is 1. The molecule has 3 aromatic rings. The number of fused-ring (bicyclic) bond motifs is 1. The number of hydrogen-bond acceptors (Lipinski definition) is 2. The Kier molecular flexibility index (Phi) is 12.9. The van der Waals surface area contributed by atoms with E-state index in [1.807, 2.05) is 0 Å². The number of ether oxygens (including phenoxy) is 1. The van der Waals surface area contributed by atoms with Crippen molar-refractivity contribution in [1.82, 2.24) is 0 Å². The Hall–Kier alpha value is -2.62. The smallest absolute Gasteiger partial charge is 0.204 e. The molecule has 0 bridgehead atoms. The minimum absolute atomic E-state index is 0.0326. The van der Waals surface area contributed by atoms with E-state index in [1.54, 1.807) is 0 Å². The van der Waals surface area contributed by atoms with Gasteiger partial charge in [0.1, 0.15) is 11.6 Å². The quantitative estimate of drug-likeness (QED) is 0.187. The fraction of sp³-hybridized carbons (Fsp3) is 0.387. The lowest BCUT2D eigenvalue weighted by molar-refractivity contribution is -0.106. The number of carbonyl (C=O) groups excluding carboxylic acids is 1. The molecule has 1 heterocycles. The van der Waals surface area contributed by atoms with Crippen LogP contribution in [0.3, 0.4) is 0 Å². The third-order valence-corrected chi connectivity index (χ3v) is 7.26. The van der Waals surface area contributed by atoms with Crippen molar-refractivity contribution in [1.29, 1.82) is 0 Å². The molecule has 0 aromatic heterocycles. The first-order chi connectivity index (χ1) is 17.8. The number of unbranched alkanes of at least 4 members (excludes halogenated alkanes) is 2. The molecule has 0 radical (unpaired) electrons. The maximum Gasteiger partial charge on any atom is 0.204 e. The molecule has 37 heavy (non-hydrogen) atoms. The van der Waals surface area contributed by atoms with Crippen LogP contribution in [0.2, 0.25) is 0 Å².